The van der Waals surface area contributed by atoms with Crippen molar-refractivity contribution in [2.24, 2.45) is 11.8 Å². The summed E-state index contributed by atoms with van der Waals surface area (Å²) in [6, 6.07) is -0.153. The predicted octanol–water partition coefficient (Wildman–Crippen LogP) is 1.80. The maximum absolute atomic E-state index is 11.7. The Morgan fingerprint density at radius 3 is 2.28 bits per heavy atom. The number of ether oxygens (including phenoxy) is 1. The van der Waals surface area contributed by atoms with Crippen molar-refractivity contribution < 1.29 is 9.53 Å². The fourth-order valence-electron chi connectivity index (χ4n) is 1.40. The van der Waals surface area contributed by atoms with Crippen LogP contribution in [0.15, 0.2) is 0 Å². The Labute approximate surface area is 112 Å². The van der Waals surface area contributed by atoms with Gasteiger partial charge in [-0.3, -0.25) is 4.79 Å². The first-order chi connectivity index (χ1) is 8.43. The van der Waals surface area contributed by atoms with Crippen LogP contribution in [0.4, 0.5) is 0 Å². The molecule has 0 radical (unpaired) electrons. The van der Waals surface area contributed by atoms with E-state index in [9.17, 15) is 4.79 Å². The minimum absolute atomic E-state index is 0.0690. The first kappa shape index (κ1) is 17.4. The molecule has 0 aromatic carbocycles. The van der Waals surface area contributed by atoms with Crippen molar-refractivity contribution in [1.82, 2.24) is 10.6 Å². The molecule has 4 nitrogen and oxygen atoms in total. The molecule has 0 heterocycles. The van der Waals surface area contributed by atoms with Crippen molar-refractivity contribution in [3.05, 3.63) is 0 Å². The molecule has 0 saturated carbocycles. The van der Waals surface area contributed by atoms with E-state index < -0.39 is 0 Å². The lowest BCUT2D eigenvalue weighted by Gasteiger charge is -2.15. The third-order valence-corrected chi connectivity index (χ3v) is 2.56. The Bertz CT molecular complexity index is 218. The highest BCUT2D eigenvalue weighted by atomic mass is 16.5. The second-order valence-corrected chi connectivity index (χ2v) is 5.62. The molecular formula is C14H30N2O2. The third-order valence-electron chi connectivity index (χ3n) is 2.56. The van der Waals surface area contributed by atoms with Gasteiger partial charge in [-0.2, -0.15) is 0 Å². The summed E-state index contributed by atoms with van der Waals surface area (Å²) in [4.78, 5) is 11.7. The molecule has 0 rings (SSSR count). The van der Waals surface area contributed by atoms with E-state index in [0.29, 0.717) is 25.0 Å². The van der Waals surface area contributed by atoms with Gasteiger partial charge in [0.05, 0.1) is 12.6 Å². The zero-order valence-electron chi connectivity index (χ0n) is 12.6. The van der Waals surface area contributed by atoms with Gasteiger partial charge in [0.25, 0.3) is 0 Å². The van der Waals surface area contributed by atoms with Gasteiger partial charge < -0.3 is 15.4 Å². The molecule has 1 amide bonds. The van der Waals surface area contributed by atoms with Gasteiger partial charge in [-0.1, -0.05) is 27.7 Å². The molecule has 0 spiro atoms. The zero-order valence-corrected chi connectivity index (χ0v) is 12.6. The Kier molecular flexibility index (Phi) is 9.98. The lowest BCUT2D eigenvalue weighted by atomic mass is 10.1. The van der Waals surface area contributed by atoms with Crippen LogP contribution in [0, 0.1) is 11.8 Å². The van der Waals surface area contributed by atoms with E-state index in [-0.39, 0.29) is 11.9 Å². The summed E-state index contributed by atoms with van der Waals surface area (Å²) in [7, 11) is 0. The molecule has 1 unspecified atom stereocenters. The number of nitrogens with one attached hydrogen (secondary N) is 2. The van der Waals surface area contributed by atoms with Crippen molar-refractivity contribution in [1.29, 1.82) is 0 Å². The molecule has 2 N–H and O–H groups in total. The molecule has 108 valence electrons. The van der Waals surface area contributed by atoms with Gasteiger partial charge in [-0.05, 0) is 25.2 Å². The average molecular weight is 258 g/mol. The van der Waals surface area contributed by atoms with Crippen LogP contribution in [0.1, 0.15) is 41.0 Å². The molecule has 0 saturated heterocycles. The zero-order chi connectivity index (χ0) is 14.0. The summed E-state index contributed by atoms with van der Waals surface area (Å²) in [5, 5.41) is 6.09. The highest BCUT2D eigenvalue weighted by molar-refractivity contribution is 5.81. The highest BCUT2D eigenvalue weighted by Crippen LogP contribution is 1.96. The van der Waals surface area contributed by atoms with Gasteiger partial charge in [0.2, 0.25) is 5.91 Å². The van der Waals surface area contributed by atoms with Crippen LogP contribution in [0.25, 0.3) is 0 Å². The first-order valence-electron chi connectivity index (χ1n) is 7.02. The molecule has 0 bridgehead atoms. The molecule has 0 aliphatic rings. The fourth-order valence-corrected chi connectivity index (χ4v) is 1.40. The SMILES string of the molecule is CC(C)CCNC(=O)C(C)NCCOCC(C)C. The van der Waals surface area contributed by atoms with Gasteiger partial charge in [-0.15, -0.1) is 0 Å². The van der Waals surface area contributed by atoms with Crippen LogP contribution in [0.3, 0.4) is 0 Å². The van der Waals surface area contributed by atoms with Crippen LogP contribution in [0.5, 0.6) is 0 Å². The predicted molar refractivity (Wildman–Crippen MR) is 75.6 cm³/mol. The maximum Gasteiger partial charge on any atom is 0.236 e. The van der Waals surface area contributed by atoms with E-state index in [1.54, 1.807) is 0 Å². The van der Waals surface area contributed by atoms with E-state index in [2.05, 4.69) is 38.3 Å². The molecule has 0 aromatic rings. The summed E-state index contributed by atoms with van der Waals surface area (Å²) in [6.07, 6.45) is 1.02. The normalized spacial score (nSPS) is 13.1. The van der Waals surface area contributed by atoms with Crippen LogP contribution >= 0.6 is 0 Å². The van der Waals surface area contributed by atoms with Crippen LogP contribution in [-0.2, 0) is 9.53 Å². The number of hydrogen-bond donors (Lipinski definition) is 2. The Balaban J connectivity index is 3.50. The molecule has 4 heteroatoms. The van der Waals surface area contributed by atoms with Gasteiger partial charge >= 0.3 is 0 Å². The molecule has 18 heavy (non-hydrogen) atoms. The van der Waals surface area contributed by atoms with E-state index >= 15 is 0 Å². The minimum Gasteiger partial charge on any atom is -0.380 e. The van der Waals surface area contributed by atoms with Crippen molar-refractivity contribution in [2.75, 3.05) is 26.3 Å². The van der Waals surface area contributed by atoms with Crippen molar-refractivity contribution >= 4 is 5.91 Å². The lowest BCUT2D eigenvalue weighted by Crippen LogP contribution is -2.43. The summed E-state index contributed by atoms with van der Waals surface area (Å²) in [5.41, 5.74) is 0. The summed E-state index contributed by atoms with van der Waals surface area (Å²) in [6.45, 7) is 13.3. The largest absolute Gasteiger partial charge is 0.380 e. The summed E-state index contributed by atoms with van der Waals surface area (Å²) >= 11 is 0. The second-order valence-electron chi connectivity index (χ2n) is 5.62. The quantitative estimate of drug-likeness (QED) is 0.588. The molecular weight excluding hydrogens is 228 g/mol. The Hall–Kier alpha value is -0.610. The number of hydrogen-bond acceptors (Lipinski definition) is 3. The Morgan fingerprint density at radius 1 is 1.06 bits per heavy atom. The first-order valence-corrected chi connectivity index (χ1v) is 7.02. The maximum atomic E-state index is 11.7. The van der Waals surface area contributed by atoms with Gasteiger partial charge in [0.15, 0.2) is 0 Å². The monoisotopic (exact) mass is 258 g/mol. The van der Waals surface area contributed by atoms with Crippen molar-refractivity contribution in [3.8, 4) is 0 Å². The molecule has 0 aromatic heterocycles. The van der Waals surface area contributed by atoms with Crippen molar-refractivity contribution in [3.63, 3.8) is 0 Å². The smallest absolute Gasteiger partial charge is 0.236 e. The van der Waals surface area contributed by atoms with Crippen molar-refractivity contribution in [2.45, 2.75) is 47.1 Å². The van der Waals surface area contributed by atoms with E-state index in [4.69, 9.17) is 4.74 Å². The van der Waals surface area contributed by atoms with Crippen LogP contribution in [0.2, 0.25) is 0 Å². The number of rotatable bonds is 10. The summed E-state index contributed by atoms with van der Waals surface area (Å²) in [5.74, 6) is 1.25. The highest BCUT2D eigenvalue weighted by Gasteiger charge is 2.10. The van der Waals surface area contributed by atoms with Gasteiger partial charge in [-0.25, -0.2) is 0 Å². The number of carbonyl (C=O) groups excluding carboxylic acids is 1. The van der Waals surface area contributed by atoms with E-state index in [1.165, 1.54) is 0 Å². The van der Waals surface area contributed by atoms with E-state index in [1.807, 2.05) is 6.92 Å². The number of carbonyl (C=O) groups is 1. The number of amides is 1. The minimum atomic E-state index is -0.153. The van der Waals surface area contributed by atoms with Gasteiger partial charge in [0.1, 0.15) is 0 Å². The fraction of sp³-hybridized carbons (Fsp3) is 0.929. The van der Waals surface area contributed by atoms with Crippen LogP contribution < -0.4 is 10.6 Å². The average Bonchev–Trinajstić information content (AvgIpc) is 2.27. The van der Waals surface area contributed by atoms with Gasteiger partial charge in [0, 0.05) is 19.7 Å². The topological polar surface area (TPSA) is 50.4 Å². The second kappa shape index (κ2) is 10.3. The standard InChI is InChI=1S/C14H30N2O2/c1-11(2)6-7-16-14(17)13(5)15-8-9-18-10-12(3)4/h11-13,15H,6-10H2,1-5H3,(H,16,17). The molecule has 0 aliphatic carbocycles. The van der Waals surface area contributed by atoms with E-state index in [0.717, 1.165) is 19.6 Å². The third kappa shape index (κ3) is 10.5. The Morgan fingerprint density at radius 2 is 1.72 bits per heavy atom. The molecule has 0 fully saturated rings. The summed E-state index contributed by atoms with van der Waals surface area (Å²) < 4.78 is 5.44. The lowest BCUT2D eigenvalue weighted by molar-refractivity contribution is -0.122. The molecule has 0 aliphatic heterocycles. The molecule has 1 atom stereocenters. The van der Waals surface area contributed by atoms with Crippen LogP contribution in [-0.4, -0.2) is 38.3 Å².